The van der Waals surface area contributed by atoms with Gasteiger partial charge in [-0.2, -0.15) is 0 Å². The maximum absolute atomic E-state index is 5.42. The number of rotatable bonds is 3. The minimum Gasteiger partial charge on any atom is -0.497 e. The fraction of sp³-hybridized carbons (Fsp3) is 0.0833. The number of methoxy groups -OCH3 is 1. The summed E-state index contributed by atoms with van der Waals surface area (Å²) in [5, 5.41) is 5.18. The van der Waals surface area contributed by atoms with Gasteiger partial charge in [0.2, 0.25) is 0 Å². The predicted molar refractivity (Wildman–Crippen MR) is 76.7 cm³/mol. The van der Waals surface area contributed by atoms with Crippen molar-refractivity contribution in [2.24, 2.45) is 5.73 Å². The van der Waals surface area contributed by atoms with E-state index in [1.54, 1.807) is 18.4 Å². The Bertz CT molecular complexity index is 520. The molecular formula is C12H12N2OS2. The molecule has 0 bridgehead atoms. The number of thiocarbonyl (C=S) groups is 1. The zero-order chi connectivity index (χ0) is 12.3. The van der Waals surface area contributed by atoms with Crippen molar-refractivity contribution in [3.05, 3.63) is 35.7 Å². The van der Waals surface area contributed by atoms with Gasteiger partial charge in [-0.15, -0.1) is 11.3 Å². The van der Waals surface area contributed by atoms with Crippen LogP contribution in [0.2, 0.25) is 0 Å². The molecule has 0 fully saturated rings. The Hall–Kier alpha value is -1.59. The van der Waals surface area contributed by atoms with Crippen molar-refractivity contribution in [2.45, 2.75) is 0 Å². The van der Waals surface area contributed by atoms with Crippen LogP contribution in [-0.2, 0) is 0 Å². The smallest absolute Gasteiger partial charge is 0.168 e. The van der Waals surface area contributed by atoms with Crippen molar-refractivity contribution in [1.29, 1.82) is 0 Å². The number of benzene rings is 1. The normalized spacial score (nSPS) is 9.94. The van der Waals surface area contributed by atoms with Crippen LogP contribution in [0, 0.1) is 0 Å². The monoisotopic (exact) mass is 264 g/mol. The summed E-state index contributed by atoms with van der Waals surface area (Å²) in [6, 6.07) is 9.95. The average Bonchev–Trinajstić information content (AvgIpc) is 2.77. The molecule has 2 aromatic rings. The summed E-state index contributed by atoms with van der Waals surface area (Å²) >= 11 is 6.43. The lowest BCUT2D eigenvalue weighted by Gasteiger charge is -2.01. The second-order valence-electron chi connectivity index (χ2n) is 3.42. The van der Waals surface area contributed by atoms with Gasteiger partial charge in [0.25, 0.3) is 0 Å². The highest BCUT2D eigenvalue weighted by Crippen LogP contribution is 2.30. The predicted octanol–water partition coefficient (Wildman–Crippen LogP) is 3.08. The van der Waals surface area contributed by atoms with Crippen LogP contribution in [-0.4, -0.2) is 12.2 Å². The zero-order valence-electron chi connectivity index (χ0n) is 9.27. The van der Waals surface area contributed by atoms with Gasteiger partial charge in [0, 0.05) is 10.3 Å². The number of nitrogens with one attached hydrogen (secondary N) is 1. The summed E-state index contributed by atoms with van der Waals surface area (Å²) in [7, 11) is 1.66. The molecule has 0 aliphatic carbocycles. The SMILES string of the molecule is COc1ccc(-c2cc(NC(N)=S)cs2)cc1. The zero-order valence-corrected chi connectivity index (χ0v) is 10.9. The lowest BCUT2D eigenvalue weighted by Crippen LogP contribution is -2.18. The van der Waals surface area contributed by atoms with Crippen LogP contribution in [0.4, 0.5) is 5.69 Å². The van der Waals surface area contributed by atoms with Crippen LogP contribution < -0.4 is 15.8 Å². The van der Waals surface area contributed by atoms with Crippen LogP contribution in [0.1, 0.15) is 0 Å². The summed E-state index contributed by atoms with van der Waals surface area (Å²) < 4.78 is 5.12. The van der Waals surface area contributed by atoms with Crippen molar-refractivity contribution < 1.29 is 4.74 Å². The summed E-state index contributed by atoms with van der Waals surface area (Å²) in [6.45, 7) is 0. The molecule has 1 aromatic carbocycles. The van der Waals surface area contributed by atoms with E-state index in [1.807, 2.05) is 35.7 Å². The molecule has 2 rings (SSSR count). The minimum atomic E-state index is 0.282. The third kappa shape index (κ3) is 2.95. The van der Waals surface area contributed by atoms with Crippen molar-refractivity contribution in [1.82, 2.24) is 0 Å². The van der Waals surface area contributed by atoms with E-state index in [1.165, 1.54) is 0 Å². The topological polar surface area (TPSA) is 47.3 Å². The molecule has 0 radical (unpaired) electrons. The van der Waals surface area contributed by atoms with Gasteiger partial charge in [-0.05, 0) is 48.1 Å². The Morgan fingerprint density at radius 3 is 2.65 bits per heavy atom. The van der Waals surface area contributed by atoms with E-state index in [9.17, 15) is 0 Å². The molecule has 0 saturated carbocycles. The largest absolute Gasteiger partial charge is 0.497 e. The van der Waals surface area contributed by atoms with Crippen LogP contribution in [0.15, 0.2) is 35.7 Å². The quantitative estimate of drug-likeness (QED) is 0.836. The van der Waals surface area contributed by atoms with Gasteiger partial charge in [0.1, 0.15) is 5.75 Å². The molecule has 0 spiro atoms. The van der Waals surface area contributed by atoms with Crippen molar-refractivity contribution in [2.75, 3.05) is 12.4 Å². The maximum Gasteiger partial charge on any atom is 0.168 e. The van der Waals surface area contributed by atoms with Crippen molar-refractivity contribution in [3.8, 4) is 16.2 Å². The Labute approximate surface area is 109 Å². The van der Waals surface area contributed by atoms with Crippen LogP contribution in [0.3, 0.4) is 0 Å². The first-order valence-electron chi connectivity index (χ1n) is 4.98. The van der Waals surface area contributed by atoms with E-state index in [-0.39, 0.29) is 5.11 Å². The van der Waals surface area contributed by atoms with E-state index in [4.69, 9.17) is 22.7 Å². The average molecular weight is 264 g/mol. The molecule has 5 heteroatoms. The Balaban J connectivity index is 2.21. The molecule has 1 heterocycles. The number of nitrogens with two attached hydrogens (primary N) is 1. The van der Waals surface area contributed by atoms with Gasteiger partial charge in [-0.1, -0.05) is 0 Å². The number of ether oxygens (including phenoxy) is 1. The minimum absolute atomic E-state index is 0.282. The molecule has 1 aromatic heterocycles. The van der Waals surface area contributed by atoms with Crippen LogP contribution >= 0.6 is 23.6 Å². The van der Waals surface area contributed by atoms with Gasteiger partial charge in [-0.3, -0.25) is 0 Å². The number of hydrogen-bond donors (Lipinski definition) is 2. The van der Waals surface area contributed by atoms with E-state index < -0.39 is 0 Å². The number of hydrogen-bond acceptors (Lipinski definition) is 3. The van der Waals surface area contributed by atoms with Gasteiger partial charge in [0.15, 0.2) is 5.11 Å². The highest BCUT2D eigenvalue weighted by atomic mass is 32.1. The summed E-state index contributed by atoms with van der Waals surface area (Å²) in [5.74, 6) is 0.854. The number of thiophene rings is 1. The molecule has 0 atom stereocenters. The van der Waals surface area contributed by atoms with Gasteiger partial charge >= 0.3 is 0 Å². The summed E-state index contributed by atoms with van der Waals surface area (Å²) in [6.07, 6.45) is 0. The third-order valence-electron chi connectivity index (χ3n) is 2.24. The van der Waals surface area contributed by atoms with Crippen molar-refractivity contribution in [3.63, 3.8) is 0 Å². The van der Waals surface area contributed by atoms with E-state index in [0.717, 1.165) is 21.9 Å². The second-order valence-corrected chi connectivity index (χ2v) is 4.77. The van der Waals surface area contributed by atoms with E-state index in [2.05, 4.69) is 5.32 Å². The first-order chi connectivity index (χ1) is 8.19. The lowest BCUT2D eigenvalue weighted by atomic mass is 10.2. The molecular weight excluding hydrogens is 252 g/mol. The van der Waals surface area contributed by atoms with Crippen LogP contribution in [0.25, 0.3) is 10.4 Å². The first-order valence-corrected chi connectivity index (χ1v) is 6.27. The van der Waals surface area contributed by atoms with Gasteiger partial charge in [0.05, 0.1) is 12.8 Å². The molecule has 0 saturated heterocycles. The summed E-state index contributed by atoms with van der Waals surface area (Å²) in [4.78, 5) is 1.16. The van der Waals surface area contributed by atoms with Crippen LogP contribution in [0.5, 0.6) is 5.75 Å². The Morgan fingerprint density at radius 2 is 2.06 bits per heavy atom. The van der Waals surface area contributed by atoms with E-state index >= 15 is 0 Å². The Kier molecular flexibility index (Phi) is 3.61. The lowest BCUT2D eigenvalue weighted by molar-refractivity contribution is 0.415. The highest BCUT2D eigenvalue weighted by Gasteiger charge is 2.03. The molecule has 0 unspecified atom stereocenters. The van der Waals surface area contributed by atoms with E-state index in [0.29, 0.717) is 0 Å². The van der Waals surface area contributed by atoms with Gasteiger partial charge in [-0.25, -0.2) is 0 Å². The Morgan fingerprint density at radius 1 is 1.35 bits per heavy atom. The first kappa shape index (κ1) is 11.9. The highest BCUT2D eigenvalue weighted by molar-refractivity contribution is 7.80. The molecule has 88 valence electrons. The maximum atomic E-state index is 5.42. The molecule has 17 heavy (non-hydrogen) atoms. The number of anilines is 1. The fourth-order valence-corrected chi connectivity index (χ4v) is 2.42. The molecule has 0 amide bonds. The molecule has 0 aliphatic heterocycles. The fourth-order valence-electron chi connectivity index (χ4n) is 1.45. The molecule has 3 nitrogen and oxygen atoms in total. The standard InChI is InChI=1S/C12H12N2OS2/c1-15-10-4-2-8(3-5-10)11-6-9(7-17-11)14-12(13)16/h2-7H,1H3,(H3,13,14,16). The van der Waals surface area contributed by atoms with Crippen molar-refractivity contribution >= 4 is 34.4 Å². The summed E-state index contributed by atoms with van der Waals surface area (Å²) in [5.41, 5.74) is 7.49. The molecule has 0 aliphatic rings. The van der Waals surface area contributed by atoms with Gasteiger partial charge < -0.3 is 15.8 Å². The third-order valence-corrected chi connectivity index (χ3v) is 3.32. The second kappa shape index (κ2) is 5.16. The molecule has 3 N–H and O–H groups in total.